The molecular weight excluding hydrogens is 316 g/mol. The van der Waals surface area contributed by atoms with Crippen LogP contribution in [0.15, 0.2) is 0 Å². The van der Waals surface area contributed by atoms with Crippen LogP contribution in [-0.2, 0) is 19.0 Å². The van der Waals surface area contributed by atoms with Crippen molar-refractivity contribution in [2.24, 2.45) is 0 Å². The molecule has 1 aromatic rings. The number of aromatic amines is 1. The highest BCUT2D eigenvalue weighted by Gasteiger charge is 2.28. The fourth-order valence-corrected chi connectivity index (χ4v) is 2.67. The predicted octanol–water partition coefficient (Wildman–Crippen LogP) is 0.822. The maximum Gasteiger partial charge on any atom is 0.355 e. The Morgan fingerprint density at radius 3 is 2.38 bits per heavy atom. The first-order valence-electron chi connectivity index (χ1n) is 7.71. The summed E-state index contributed by atoms with van der Waals surface area (Å²) in [4.78, 5) is 40.8. The number of carbonyl (C=O) groups is 3. The van der Waals surface area contributed by atoms with Crippen LogP contribution in [0.3, 0.4) is 0 Å². The van der Waals surface area contributed by atoms with E-state index in [1.165, 1.54) is 14.0 Å². The van der Waals surface area contributed by atoms with Crippen molar-refractivity contribution in [2.75, 3.05) is 33.4 Å². The molecule has 1 saturated heterocycles. The Morgan fingerprint density at radius 2 is 1.79 bits per heavy atom. The van der Waals surface area contributed by atoms with Gasteiger partial charge in [-0.2, -0.15) is 0 Å². The number of esters is 2. The second-order valence-corrected chi connectivity index (χ2v) is 5.60. The lowest BCUT2D eigenvalue weighted by Crippen LogP contribution is -2.46. The normalized spacial score (nSPS) is 15.8. The van der Waals surface area contributed by atoms with Crippen LogP contribution in [0.2, 0.25) is 0 Å². The summed E-state index contributed by atoms with van der Waals surface area (Å²) < 4.78 is 15.2. The van der Waals surface area contributed by atoms with E-state index >= 15 is 0 Å². The van der Waals surface area contributed by atoms with Crippen molar-refractivity contribution in [1.82, 2.24) is 9.88 Å². The molecule has 8 heteroatoms. The Morgan fingerprint density at radius 1 is 1.17 bits per heavy atom. The van der Waals surface area contributed by atoms with E-state index in [2.05, 4.69) is 4.98 Å². The molecule has 0 radical (unpaired) electrons. The Balaban J connectivity index is 2.09. The summed E-state index contributed by atoms with van der Waals surface area (Å²) in [5, 5.41) is 0. The van der Waals surface area contributed by atoms with E-state index in [-0.39, 0.29) is 11.6 Å². The van der Waals surface area contributed by atoms with E-state index < -0.39 is 18.0 Å². The summed E-state index contributed by atoms with van der Waals surface area (Å²) in [6.07, 6.45) is -0.916. The van der Waals surface area contributed by atoms with Crippen molar-refractivity contribution in [2.45, 2.75) is 26.9 Å². The number of hydrogen-bond donors (Lipinski definition) is 1. The van der Waals surface area contributed by atoms with Gasteiger partial charge in [0.15, 0.2) is 6.10 Å². The number of hydrogen-bond acceptors (Lipinski definition) is 6. The van der Waals surface area contributed by atoms with Crippen LogP contribution in [0.5, 0.6) is 0 Å². The largest absolute Gasteiger partial charge is 0.465 e. The molecule has 1 aromatic heterocycles. The monoisotopic (exact) mass is 338 g/mol. The van der Waals surface area contributed by atoms with Crippen LogP contribution in [0.25, 0.3) is 0 Å². The van der Waals surface area contributed by atoms with Gasteiger partial charge in [-0.1, -0.05) is 0 Å². The summed E-state index contributed by atoms with van der Waals surface area (Å²) >= 11 is 0. The summed E-state index contributed by atoms with van der Waals surface area (Å²) in [5.41, 5.74) is 1.40. The third-order valence-electron chi connectivity index (χ3n) is 3.99. The molecule has 24 heavy (non-hydrogen) atoms. The van der Waals surface area contributed by atoms with Gasteiger partial charge in [-0.25, -0.2) is 9.59 Å². The Bertz CT molecular complexity index is 645. The van der Waals surface area contributed by atoms with E-state index in [4.69, 9.17) is 14.2 Å². The van der Waals surface area contributed by atoms with Gasteiger partial charge in [-0.05, 0) is 26.3 Å². The van der Waals surface area contributed by atoms with Crippen LogP contribution in [0.4, 0.5) is 0 Å². The molecule has 0 aromatic carbocycles. The average molecular weight is 338 g/mol. The zero-order valence-electron chi connectivity index (χ0n) is 14.3. The molecule has 1 fully saturated rings. The van der Waals surface area contributed by atoms with Gasteiger partial charge in [-0.3, -0.25) is 4.79 Å². The molecule has 8 nitrogen and oxygen atoms in total. The average Bonchev–Trinajstić information content (AvgIpc) is 2.88. The van der Waals surface area contributed by atoms with Crippen LogP contribution in [0, 0.1) is 13.8 Å². The highest BCUT2D eigenvalue weighted by molar-refractivity contribution is 5.99. The molecule has 0 saturated carbocycles. The number of rotatable bonds is 4. The number of amides is 1. The number of nitrogens with zero attached hydrogens (tertiary/aromatic N) is 1. The number of aryl methyl sites for hydroxylation is 1. The molecule has 2 heterocycles. The summed E-state index contributed by atoms with van der Waals surface area (Å²) in [6, 6.07) is 0. The van der Waals surface area contributed by atoms with Gasteiger partial charge in [0.05, 0.1) is 25.9 Å². The molecule has 1 amide bonds. The van der Waals surface area contributed by atoms with E-state index in [0.717, 1.165) is 0 Å². The summed E-state index contributed by atoms with van der Waals surface area (Å²) in [5.74, 6) is -1.47. The zero-order chi connectivity index (χ0) is 17.9. The SMILES string of the molecule is COC(=O)c1c(C)[nH]c(C(=O)O[C@H](C)C(=O)N2CCOCC2)c1C. The van der Waals surface area contributed by atoms with Crippen molar-refractivity contribution in [1.29, 1.82) is 0 Å². The zero-order valence-corrected chi connectivity index (χ0v) is 14.3. The lowest BCUT2D eigenvalue weighted by molar-refractivity contribution is -0.143. The minimum Gasteiger partial charge on any atom is -0.465 e. The molecule has 2 rings (SSSR count). The lowest BCUT2D eigenvalue weighted by atomic mass is 10.1. The second kappa shape index (κ2) is 7.48. The third kappa shape index (κ3) is 3.59. The maximum absolute atomic E-state index is 12.3. The van der Waals surface area contributed by atoms with E-state index in [0.29, 0.717) is 43.1 Å². The van der Waals surface area contributed by atoms with Crippen LogP contribution in [0.1, 0.15) is 39.0 Å². The fraction of sp³-hybridized carbons (Fsp3) is 0.562. The van der Waals surface area contributed by atoms with Gasteiger partial charge in [0.2, 0.25) is 0 Å². The van der Waals surface area contributed by atoms with E-state index in [1.807, 2.05) is 0 Å². The van der Waals surface area contributed by atoms with Crippen LogP contribution < -0.4 is 0 Å². The standard InChI is InChI=1S/C16H22N2O6/c1-9-12(15(20)22-4)10(2)17-13(9)16(21)24-11(3)14(19)18-5-7-23-8-6-18/h11,17H,5-8H2,1-4H3/t11-/m1/s1. The van der Waals surface area contributed by atoms with Gasteiger partial charge in [0.25, 0.3) is 5.91 Å². The number of ether oxygens (including phenoxy) is 3. The fourth-order valence-electron chi connectivity index (χ4n) is 2.67. The molecule has 0 bridgehead atoms. The molecule has 0 unspecified atom stereocenters. The number of methoxy groups -OCH3 is 1. The minimum atomic E-state index is -0.916. The molecule has 1 N–H and O–H groups in total. The number of carbonyl (C=O) groups excluding carboxylic acids is 3. The van der Waals surface area contributed by atoms with Gasteiger partial charge >= 0.3 is 11.9 Å². The molecular formula is C16H22N2O6. The van der Waals surface area contributed by atoms with Gasteiger partial charge in [0.1, 0.15) is 5.69 Å². The van der Waals surface area contributed by atoms with Crippen LogP contribution >= 0.6 is 0 Å². The van der Waals surface area contributed by atoms with E-state index in [9.17, 15) is 14.4 Å². The van der Waals surface area contributed by atoms with Gasteiger partial charge in [0, 0.05) is 18.8 Å². The maximum atomic E-state index is 12.3. The smallest absolute Gasteiger partial charge is 0.355 e. The summed E-state index contributed by atoms with van der Waals surface area (Å²) in [6.45, 7) is 6.73. The summed E-state index contributed by atoms with van der Waals surface area (Å²) in [7, 11) is 1.27. The number of aromatic nitrogens is 1. The minimum absolute atomic E-state index is 0.148. The third-order valence-corrected chi connectivity index (χ3v) is 3.99. The van der Waals surface area contributed by atoms with Crippen molar-refractivity contribution in [3.63, 3.8) is 0 Å². The predicted molar refractivity (Wildman–Crippen MR) is 83.9 cm³/mol. The number of nitrogens with one attached hydrogen (secondary N) is 1. The molecule has 0 aliphatic carbocycles. The molecule has 1 aliphatic rings. The quantitative estimate of drug-likeness (QED) is 0.816. The van der Waals surface area contributed by atoms with Crippen LogP contribution in [-0.4, -0.2) is 67.2 Å². The van der Waals surface area contributed by atoms with Crippen molar-refractivity contribution in [3.8, 4) is 0 Å². The van der Waals surface area contributed by atoms with Crippen molar-refractivity contribution < 1.29 is 28.6 Å². The highest BCUT2D eigenvalue weighted by atomic mass is 16.5. The lowest BCUT2D eigenvalue weighted by Gasteiger charge is -2.28. The highest BCUT2D eigenvalue weighted by Crippen LogP contribution is 2.20. The first kappa shape index (κ1) is 18.0. The number of morpholine rings is 1. The second-order valence-electron chi connectivity index (χ2n) is 5.60. The molecule has 132 valence electrons. The topological polar surface area (TPSA) is 97.9 Å². The Labute approximate surface area is 140 Å². The molecule has 0 spiro atoms. The first-order chi connectivity index (χ1) is 11.4. The van der Waals surface area contributed by atoms with Crippen molar-refractivity contribution in [3.05, 3.63) is 22.5 Å². The van der Waals surface area contributed by atoms with Gasteiger partial charge in [-0.15, -0.1) is 0 Å². The number of H-pyrrole nitrogens is 1. The van der Waals surface area contributed by atoms with E-state index in [1.54, 1.807) is 18.7 Å². The Hall–Kier alpha value is -2.35. The Kier molecular flexibility index (Phi) is 5.61. The van der Waals surface area contributed by atoms with Gasteiger partial charge < -0.3 is 24.1 Å². The van der Waals surface area contributed by atoms with Crippen molar-refractivity contribution >= 4 is 17.8 Å². The molecule has 1 atom stereocenters. The molecule has 1 aliphatic heterocycles. The first-order valence-corrected chi connectivity index (χ1v) is 7.71.